The molecule has 1 aromatic carbocycles. The van der Waals surface area contributed by atoms with E-state index in [9.17, 15) is 28.8 Å². The van der Waals surface area contributed by atoms with Crippen molar-refractivity contribution in [2.24, 2.45) is 11.0 Å². The Labute approximate surface area is 266 Å². The summed E-state index contributed by atoms with van der Waals surface area (Å²) in [5.41, 5.74) is 4.48. The molecule has 2 N–H and O–H groups in total. The van der Waals surface area contributed by atoms with Gasteiger partial charge in [0.25, 0.3) is 11.8 Å². The highest BCUT2D eigenvalue weighted by Gasteiger charge is 2.33. The minimum atomic E-state index is -0.734. The molecule has 1 fully saturated rings. The van der Waals surface area contributed by atoms with Gasteiger partial charge in [0.05, 0.1) is 5.71 Å². The summed E-state index contributed by atoms with van der Waals surface area (Å²) in [7, 11) is 0. The summed E-state index contributed by atoms with van der Waals surface area (Å²) in [5.74, 6) is -2.17. The molecular formula is C32H37N7O7. The summed E-state index contributed by atoms with van der Waals surface area (Å²) >= 11 is 0. The Morgan fingerprint density at radius 2 is 1.65 bits per heavy atom. The van der Waals surface area contributed by atoms with Crippen molar-refractivity contribution in [1.29, 1.82) is 0 Å². The summed E-state index contributed by atoms with van der Waals surface area (Å²) in [6.07, 6.45) is 5.38. The SMILES string of the molecule is CC1CC(=O)N(CCCCNC(=O)CCCC(=O)ON2C(=O)CCC2=O)N=C1c1ccc(NC(=O)N2Cc3ccncc3C2)cc1. The first kappa shape index (κ1) is 32.3. The fraction of sp³-hybridized carbons (Fsp3) is 0.438. The van der Waals surface area contributed by atoms with Crippen molar-refractivity contribution in [2.45, 2.75) is 71.4 Å². The molecule has 0 bridgehead atoms. The molecule has 46 heavy (non-hydrogen) atoms. The van der Waals surface area contributed by atoms with Crippen molar-refractivity contribution < 1.29 is 33.6 Å². The van der Waals surface area contributed by atoms with Crippen LogP contribution in [0.1, 0.15) is 75.0 Å². The van der Waals surface area contributed by atoms with Crippen molar-refractivity contribution in [3.05, 3.63) is 59.4 Å². The molecule has 1 saturated heterocycles. The van der Waals surface area contributed by atoms with Crippen molar-refractivity contribution in [2.75, 3.05) is 18.4 Å². The zero-order valence-electron chi connectivity index (χ0n) is 25.7. The van der Waals surface area contributed by atoms with Gasteiger partial charge in [-0.05, 0) is 54.2 Å². The van der Waals surface area contributed by atoms with Crippen LogP contribution in [0.2, 0.25) is 0 Å². The van der Waals surface area contributed by atoms with Gasteiger partial charge in [0.15, 0.2) is 0 Å². The molecule has 4 heterocycles. The molecule has 3 aliphatic heterocycles. The maximum Gasteiger partial charge on any atom is 0.333 e. The second kappa shape index (κ2) is 14.8. The van der Waals surface area contributed by atoms with Crippen LogP contribution in [0.5, 0.6) is 0 Å². The van der Waals surface area contributed by atoms with E-state index in [0.29, 0.717) is 56.2 Å². The van der Waals surface area contributed by atoms with Crippen molar-refractivity contribution in [1.82, 2.24) is 25.3 Å². The Bertz CT molecular complexity index is 1500. The maximum absolute atomic E-state index is 12.8. The number of pyridine rings is 1. The van der Waals surface area contributed by atoms with Gasteiger partial charge in [-0.15, -0.1) is 5.06 Å². The third kappa shape index (κ3) is 8.11. The molecular weight excluding hydrogens is 594 g/mol. The van der Waals surface area contributed by atoms with E-state index in [-0.39, 0.29) is 55.9 Å². The third-order valence-corrected chi connectivity index (χ3v) is 8.01. The van der Waals surface area contributed by atoms with Crippen LogP contribution >= 0.6 is 0 Å². The highest BCUT2D eigenvalue weighted by Crippen LogP contribution is 2.24. The van der Waals surface area contributed by atoms with Gasteiger partial charge in [0.2, 0.25) is 11.8 Å². The zero-order chi connectivity index (χ0) is 32.6. The van der Waals surface area contributed by atoms with Crippen LogP contribution in [0, 0.1) is 5.92 Å². The number of carbonyl (C=O) groups excluding carboxylic acids is 6. The number of aromatic nitrogens is 1. The van der Waals surface area contributed by atoms with Crippen LogP contribution in [-0.2, 0) is 41.9 Å². The summed E-state index contributed by atoms with van der Waals surface area (Å²) < 4.78 is 0. The number of benzene rings is 1. The fourth-order valence-electron chi connectivity index (χ4n) is 5.46. The second-order valence-corrected chi connectivity index (χ2v) is 11.6. The molecule has 0 saturated carbocycles. The molecule has 1 aromatic heterocycles. The molecule has 1 unspecified atom stereocenters. The van der Waals surface area contributed by atoms with Crippen LogP contribution in [0.4, 0.5) is 10.5 Å². The van der Waals surface area contributed by atoms with Gasteiger partial charge in [-0.1, -0.05) is 19.1 Å². The van der Waals surface area contributed by atoms with Crippen LogP contribution in [0.25, 0.3) is 0 Å². The first-order valence-corrected chi connectivity index (χ1v) is 15.5. The van der Waals surface area contributed by atoms with Gasteiger partial charge < -0.3 is 20.4 Å². The average Bonchev–Trinajstić information content (AvgIpc) is 3.61. The summed E-state index contributed by atoms with van der Waals surface area (Å²) in [6.45, 7) is 3.84. The van der Waals surface area contributed by atoms with E-state index < -0.39 is 17.8 Å². The van der Waals surface area contributed by atoms with E-state index in [1.54, 1.807) is 17.3 Å². The van der Waals surface area contributed by atoms with Gasteiger partial charge in [-0.3, -0.25) is 24.2 Å². The third-order valence-electron chi connectivity index (χ3n) is 8.01. The Morgan fingerprint density at radius 3 is 2.39 bits per heavy atom. The summed E-state index contributed by atoms with van der Waals surface area (Å²) in [4.78, 5) is 83.1. The number of hydrazone groups is 1. The van der Waals surface area contributed by atoms with Gasteiger partial charge in [0.1, 0.15) is 0 Å². The number of hydroxylamine groups is 2. The van der Waals surface area contributed by atoms with Crippen molar-refractivity contribution in [3.8, 4) is 0 Å². The predicted octanol–water partition coefficient (Wildman–Crippen LogP) is 2.88. The van der Waals surface area contributed by atoms with Crippen LogP contribution in [-0.4, -0.2) is 74.4 Å². The lowest BCUT2D eigenvalue weighted by Crippen LogP contribution is -2.37. The topological polar surface area (TPSA) is 171 Å². The number of amides is 6. The number of urea groups is 1. The molecule has 5 rings (SSSR count). The quantitative estimate of drug-likeness (QED) is 0.266. The van der Waals surface area contributed by atoms with Gasteiger partial charge >= 0.3 is 12.0 Å². The number of anilines is 1. The maximum atomic E-state index is 12.8. The number of nitrogens with zero attached hydrogens (tertiary/aromatic N) is 5. The standard InChI is InChI=1S/C32H37N7O7/c1-21-17-29(43)38(16-3-2-14-34-26(40)5-4-6-30(44)46-39-27(41)11-12-28(39)42)36-31(21)22-7-9-25(10-8-22)35-32(45)37-19-23-13-15-33-18-24(23)20-37/h7-10,13,15,18,21H,2-6,11-12,14,16-17,19-20H2,1H3,(H,34,40)(H,35,45). The van der Waals surface area contributed by atoms with Gasteiger partial charge in [-0.2, -0.15) is 5.10 Å². The van der Waals surface area contributed by atoms with E-state index in [1.165, 1.54) is 5.01 Å². The van der Waals surface area contributed by atoms with E-state index in [1.807, 2.05) is 37.3 Å². The minimum absolute atomic E-state index is 0.0253. The lowest BCUT2D eigenvalue weighted by molar-refractivity contribution is -0.197. The largest absolute Gasteiger partial charge is 0.356 e. The molecule has 6 amide bonds. The van der Waals surface area contributed by atoms with E-state index in [0.717, 1.165) is 22.4 Å². The number of nitrogens with one attached hydrogen (secondary N) is 2. The highest BCUT2D eigenvalue weighted by molar-refractivity contribution is 6.06. The number of carbonyl (C=O) groups is 6. The fourth-order valence-corrected chi connectivity index (χ4v) is 5.46. The van der Waals surface area contributed by atoms with E-state index in [2.05, 4.69) is 20.7 Å². The molecule has 0 radical (unpaired) electrons. The lowest BCUT2D eigenvalue weighted by atomic mass is 9.93. The van der Waals surface area contributed by atoms with E-state index >= 15 is 0 Å². The Hall–Kier alpha value is -5.14. The summed E-state index contributed by atoms with van der Waals surface area (Å²) in [5, 5.41) is 12.4. The molecule has 14 heteroatoms. The van der Waals surface area contributed by atoms with Crippen molar-refractivity contribution >= 4 is 47.0 Å². The molecule has 0 aliphatic carbocycles. The number of fused-ring (bicyclic) bond motifs is 1. The van der Waals surface area contributed by atoms with Crippen LogP contribution in [0.15, 0.2) is 47.8 Å². The number of imide groups is 1. The second-order valence-electron chi connectivity index (χ2n) is 11.6. The predicted molar refractivity (Wildman–Crippen MR) is 164 cm³/mol. The smallest absolute Gasteiger partial charge is 0.333 e. The number of rotatable bonds is 12. The van der Waals surface area contributed by atoms with Crippen LogP contribution in [0.3, 0.4) is 0 Å². The molecule has 14 nitrogen and oxygen atoms in total. The normalized spacial score (nSPS) is 17.6. The highest BCUT2D eigenvalue weighted by atomic mass is 16.7. The van der Waals surface area contributed by atoms with E-state index in [4.69, 9.17) is 4.84 Å². The molecule has 242 valence electrons. The monoisotopic (exact) mass is 631 g/mol. The minimum Gasteiger partial charge on any atom is -0.356 e. The molecule has 0 spiro atoms. The number of unbranched alkanes of at least 4 members (excludes halogenated alkanes) is 1. The average molecular weight is 632 g/mol. The number of hydrogen-bond donors (Lipinski definition) is 2. The first-order valence-electron chi connectivity index (χ1n) is 15.5. The molecule has 3 aliphatic rings. The van der Waals surface area contributed by atoms with Gasteiger partial charge in [-0.25, -0.2) is 14.6 Å². The number of hydrogen-bond acceptors (Lipinski definition) is 9. The summed E-state index contributed by atoms with van der Waals surface area (Å²) in [6, 6.07) is 9.18. The van der Waals surface area contributed by atoms with Crippen molar-refractivity contribution in [3.63, 3.8) is 0 Å². The first-order chi connectivity index (χ1) is 22.2. The molecule has 1 atom stereocenters. The van der Waals surface area contributed by atoms with Crippen LogP contribution < -0.4 is 10.6 Å². The Morgan fingerprint density at radius 1 is 0.913 bits per heavy atom. The van der Waals surface area contributed by atoms with Gasteiger partial charge in [0, 0.05) is 82.3 Å². The Kier molecular flexibility index (Phi) is 10.4. The lowest BCUT2D eigenvalue weighted by Gasteiger charge is -2.28. The molecule has 2 aromatic rings. The Balaban J connectivity index is 1.01. The zero-order valence-corrected chi connectivity index (χ0v) is 25.7.